The standard InChI is InChI=1S/C17H17FNO/c1-10-8-12-13(9-10)15(18)6-5-14(12)17(16(19)20)7-3-4-11(17)2/h5-6,8,19H,2-4,7,9H2,1H3. The third-order valence-corrected chi connectivity index (χ3v) is 4.63. The van der Waals surface area contributed by atoms with Gasteiger partial charge in [0, 0.05) is 0 Å². The van der Waals surface area contributed by atoms with Crippen LogP contribution in [0.5, 0.6) is 0 Å². The van der Waals surface area contributed by atoms with Crippen molar-refractivity contribution in [1.82, 2.24) is 5.73 Å². The highest BCUT2D eigenvalue weighted by atomic mass is 19.1. The second-order valence-corrected chi connectivity index (χ2v) is 5.85. The lowest BCUT2D eigenvalue weighted by molar-refractivity contribution is -0.122. The molecule has 1 aromatic carbocycles. The van der Waals surface area contributed by atoms with Gasteiger partial charge in [0.05, 0.1) is 5.41 Å². The van der Waals surface area contributed by atoms with Crippen LogP contribution in [-0.4, -0.2) is 5.91 Å². The van der Waals surface area contributed by atoms with Crippen LogP contribution < -0.4 is 5.73 Å². The fraction of sp³-hybridized carbons (Fsp3) is 0.353. The van der Waals surface area contributed by atoms with Gasteiger partial charge in [-0.1, -0.05) is 29.9 Å². The number of benzene rings is 1. The Kier molecular flexibility index (Phi) is 2.82. The molecular formula is C17H17FNO. The molecule has 103 valence electrons. The minimum atomic E-state index is -0.932. The summed E-state index contributed by atoms with van der Waals surface area (Å²) in [6.45, 7) is 5.98. The molecule has 2 nitrogen and oxygen atoms in total. The Bertz CT molecular complexity index is 659. The molecule has 1 fully saturated rings. The number of nitrogens with one attached hydrogen (secondary N) is 1. The quantitative estimate of drug-likeness (QED) is 0.757. The van der Waals surface area contributed by atoms with Crippen molar-refractivity contribution in [2.24, 2.45) is 0 Å². The van der Waals surface area contributed by atoms with E-state index in [1.54, 1.807) is 6.07 Å². The molecule has 1 aromatic rings. The van der Waals surface area contributed by atoms with Crippen LogP contribution in [0.1, 0.15) is 42.9 Å². The molecule has 3 rings (SSSR count). The van der Waals surface area contributed by atoms with E-state index < -0.39 is 11.3 Å². The summed E-state index contributed by atoms with van der Waals surface area (Å²) in [6.07, 6.45) is 4.77. The van der Waals surface area contributed by atoms with Crippen LogP contribution in [0.3, 0.4) is 0 Å². The SMILES string of the molecule is C=C1CCCC1(C([NH])=O)c1ccc(F)c2c1C=C(C)C2. The van der Waals surface area contributed by atoms with Gasteiger partial charge >= 0.3 is 0 Å². The molecule has 2 aliphatic rings. The molecule has 0 spiro atoms. The van der Waals surface area contributed by atoms with Gasteiger partial charge in [-0.15, -0.1) is 0 Å². The van der Waals surface area contributed by atoms with Crippen LogP contribution in [0.2, 0.25) is 0 Å². The third-order valence-electron chi connectivity index (χ3n) is 4.63. The summed E-state index contributed by atoms with van der Waals surface area (Å²) in [5.74, 6) is -0.847. The van der Waals surface area contributed by atoms with E-state index >= 15 is 0 Å². The van der Waals surface area contributed by atoms with Gasteiger partial charge in [-0.25, -0.2) is 4.39 Å². The Morgan fingerprint density at radius 3 is 2.80 bits per heavy atom. The number of carbonyl (C=O) groups excluding carboxylic acids is 1. The van der Waals surface area contributed by atoms with E-state index in [4.69, 9.17) is 5.73 Å². The van der Waals surface area contributed by atoms with Gasteiger partial charge in [0.2, 0.25) is 0 Å². The Morgan fingerprint density at radius 2 is 2.20 bits per heavy atom. The molecule has 0 aliphatic heterocycles. The maximum Gasteiger partial charge on any atom is 0.253 e. The highest BCUT2D eigenvalue weighted by Crippen LogP contribution is 2.48. The third kappa shape index (κ3) is 1.59. The van der Waals surface area contributed by atoms with Crippen LogP contribution >= 0.6 is 0 Å². The van der Waals surface area contributed by atoms with Gasteiger partial charge < -0.3 is 0 Å². The summed E-state index contributed by atoms with van der Waals surface area (Å²) in [4.78, 5) is 12.0. The number of carbonyl (C=O) groups is 1. The van der Waals surface area contributed by atoms with Crippen molar-refractivity contribution in [2.45, 2.75) is 38.0 Å². The topological polar surface area (TPSA) is 40.9 Å². The summed E-state index contributed by atoms with van der Waals surface area (Å²) in [6, 6.07) is 3.10. The summed E-state index contributed by atoms with van der Waals surface area (Å²) >= 11 is 0. The van der Waals surface area contributed by atoms with E-state index in [0.717, 1.165) is 35.1 Å². The number of allylic oxidation sites excluding steroid dienone is 1. The van der Waals surface area contributed by atoms with Gasteiger partial charge in [-0.2, -0.15) is 0 Å². The fourth-order valence-corrected chi connectivity index (χ4v) is 3.61. The van der Waals surface area contributed by atoms with Crippen LogP contribution in [0.15, 0.2) is 29.9 Å². The van der Waals surface area contributed by atoms with Crippen molar-refractivity contribution in [3.8, 4) is 0 Å². The Hall–Kier alpha value is -1.90. The van der Waals surface area contributed by atoms with Crippen LogP contribution in [0.4, 0.5) is 4.39 Å². The maximum atomic E-state index is 14.0. The predicted octanol–water partition coefficient (Wildman–Crippen LogP) is 3.57. The van der Waals surface area contributed by atoms with Crippen LogP contribution in [0, 0.1) is 5.82 Å². The lowest BCUT2D eigenvalue weighted by Gasteiger charge is -2.29. The van der Waals surface area contributed by atoms with E-state index in [9.17, 15) is 9.18 Å². The highest BCUT2D eigenvalue weighted by molar-refractivity contribution is 5.92. The molecule has 1 saturated carbocycles. The van der Waals surface area contributed by atoms with E-state index in [1.165, 1.54) is 6.07 Å². The second kappa shape index (κ2) is 4.30. The van der Waals surface area contributed by atoms with Gasteiger partial charge in [-0.05, 0) is 55.4 Å². The number of halogens is 1. The monoisotopic (exact) mass is 270 g/mol. The predicted molar refractivity (Wildman–Crippen MR) is 76.5 cm³/mol. The zero-order valence-electron chi connectivity index (χ0n) is 11.6. The molecule has 0 aromatic heterocycles. The van der Waals surface area contributed by atoms with Gasteiger partial charge in [0.1, 0.15) is 5.82 Å². The minimum absolute atomic E-state index is 0.229. The summed E-state index contributed by atoms with van der Waals surface area (Å²) in [7, 11) is 0. The summed E-state index contributed by atoms with van der Waals surface area (Å²) in [5, 5.41) is 0. The first-order valence-corrected chi connectivity index (χ1v) is 6.90. The average Bonchev–Trinajstić information content (AvgIpc) is 2.94. The van der Waals surface area contributed by atoms with Crippen LogP contribution in [-0.2, 0) is 16.6 Å². The molecule has 1 atom stereocenters. The van der Waals surface area contributed by atoms with E-state index in [2.05, 4.69) is 6.58 Å². The van der Waals surface area contributed by atoms with E-state index in [1.807, 2.05) is 13.0 Å². The molecule has 0 bridgehead atoms. The molecule has 20 heavy (non-hydrogen) atoms. The number of fused-ring (bicyclic) bond motifs is 1. The molecule has 1 unspecified atom stereocenters. The van der Waals surface area contributed by atoms with E-state index in [-0.39, 0.29) is 5.82 Å². The first kappa shape index (κ1) is 13.1. The smallest absolute Gasteiger partial charge is 0.253 e. The fourth-order valence-electron chi connectivity index (χ4n) is 3.61. The second-order valence-electron chi connectivity index (χ2n) is 5.85. The van der Waals surface area contributed by atoms with Crippen LogP contribution in [0.25, 0.3) is 6.08 Å². The van der Waals surface area contributed by atoms with Crippen molar-refractivity contribution in [1.29, 1.82) is 0 Å². The maximum absolute atomic E-state index is 14.0. The number of hydrogen-bond acceptors (Lipinski definition) is 1. The lowest BCUT2D eigenvalue weighted by atomic mass is 9.73. The first-order valence-electron chi connectivity index (χ1n) is 6.90. The average molecular weight is 270 g/mol. The normalized spacial score (nSPS) is 24.7. The summed E-state index contributed by atoms with van der Waals surface area (Å²) < 4.78 is 14.0. The van der Waals surface area contributed by atoms with Crippen molar-refractivity contribution in [3.05, 3.63) is 52.4 Å². The van der Waals surface area contributed by atoms with Gasteiger partial charge in [-0.3, -0.25) is 10.5 Å². The number of rotatable bonds is 2. The molecule has 1 radical (unpaired) electrons. The Labute approximate surface area is 118 Å². The molecular weight excluding hydrogens is 253 g/mol. The van der Waals surface area contributed by atoms with E-state index in [0.29, 0.717) is 18.4 Å². The molecule has 0 saturated heterocycles. The Balaban J connectivity index is 2.27. The molecule has 2 aliphatic carbocycles. The summed E-state index contributed by atoms with van der Waals surface area (Å²) in [5.41, 5.74) is 10.9. The zero-order chi connectivity index (χ0) is 14.5. The highest BCUT2D eigenvalue weighted by Gasteiger charge is 2.46. The molecule has 1 amide bonds. The van der Waals surface area contributed by atoms with Gasteiger partial charge in [0.15, 0.2) is 0 Å². The van der Waals surface area contributed by atoms with Crippen molar-refractivity contribution < 1.29 is 9.18 Å². The largest absolute Gasteiger partial charge is 0.272 e. The van der Waals surface area contributed by atoms with Crippen molar-refractivity contribution in [3.63, 3.8) is 0 Å². The molecule has 1 N–H and O–H groups in total. The first-order chi connectivity index (χ1) is 9.46. The lowest BCUT2D eigenvalue weighted by Crippen LogP contribution is -2.36. The zero-order valence-corrected chi connectivity index (χ0v) is 11.6. The van der Waals surface area contributed by atoms with Crippen molar-refractivity contribution >= 4 is 12.0 Å². The number of hydrogen-bond donors (Lipinski definition) is 0. The van der Waals surface area contributed by atoms with Crippen molar-refractivity contribution in [2.75, 3.05) is 0 Å². The molecule has 0 heterocycles. The Morgan fingerprint density at radius 1 is 1.45 bits per heavy atom. The number of amides is 1. The minimum Gasteiger partial charge on any atom is -0.272 e. The molecule has 3 heteroatoms. The van der Waals surface area contributed by atoms with Gasteiger partial charge in [0.25, 0.3) is 5.91 Å².